The molecule has 2 fully saturated rings. The summed E-state index contributed by atoms with van der Waals surface area (Å²) in [5.74, 6) is 0.350. The van der Waals surface area contributed by atoms with E-state index in [2.05, 4.69) is 44.2 Å². The number of carbonyl (C=O) groups excluding carboxylic acids is 2. The molecule has 0 spiro atoms. The van der Waals surface area contributed by atoms with Gasteiger partial charge in [-0.1, -0.05) is 42.8 Å². The number of rotatable bonds is 3. The number of benzene rings is 2. The Hall–Kier alpha value is -2.62. The average Bonchev–Trinajstić information content (AvgIpc) is 2.96. The molecule has 152 valence electrons. The van der Waals surface area contributed by atoms with Crippen LogP contribution in [0.15, 0.2) is 48.5 Å². The molecule has 2 aliphatic heterocycles. The van der Waals surface area contributed by atoms with Crippen molar-refractivity contribution in [3.63, 3.8) is 0 Å². The minimum atomic E-state index is -0.237. The fourth-order valence-corrected chi connectivity index (χ4v) is 4.61. The van der Waals surface area contributed by atoms with Gasteiger partial charge in [0.25, 0.3) is 0 Å². The second kappa shape index (κ2) is 8.40. The third kappa shape index (κ3) is 4.21. The van der Waals surface area contributed by atoms with E-state index in [4.69, 9.17) is 0 Å². The van der Waals surface area contributed by atoms with Crippen molar-refractivity contribution in [2.24, 2.45) is 5.92 Å². The summed E-state index contributed by atoms with van der Waals surface area (Å²) in [7, 11) is 0. The number of carbonyl (C=O) groups is 2. The Morgan fingerprint density at radius 3 is 2.52 bits per heavy atom. The van der Waals surface area contributed by atoms with Gasteiger partial charge in [0.2, 0.25) is 11.8 Å². The SMILES string of the molecule is Cc1ccc(N2CC(C(=O)N3CCCCC(c4ccccc4)C3)CC2=O)cc1C. The number of anilines is 1. The molecule has 0 aliphatic carbocycles. The van der Waals surface area contributed by atoms with Crippen LogP contribution in [-0.4, -0.2) is 36.3 Å². The van der Waals surface area contributed by atoms with E-state index in [1.54, 1.807) is 4.90 Å². The fourth-order valence-electron chi connectivity index (χ4n) is 4.61. The van der Waals surface area contributed by atoms with Crippen molar-refractivity contribution in [2.75, 3.05) is 24.5 Å². The van der Waals surface area contributed by atoms with E-state index < -0.39 is 0 Å². The predicted molar refractivity (Wildman–Crippen MR) is 116 cm³/mol. The Morgan fingerprint density at radius 2 is 1.76 bits per heavy atom. The molecule has 4 nitrogen and oxygen atoms in total. The molecule has 0 N–H and O–H groups in total. The van der Waals surface area contributed by atoms with Gasteiger partial charge in [0, 0.05) is 37.7 Å². The Bertz CT molecular complexity index is 893. The summed E-state index contributed by atoms with van der Waals surface area (Å²) in [5, 5.41) is 0. The summed E-state index contributed by atoms with van der Waals surface area (Å²) >= 11 is 0. The number of amides is 2. The van der Waals surface area contributed by atoms with E-state index in [1.165, 1.54) is 16.7 Å². The fraction of sp³-hybridized carbons (Fsp3) is 0.440. The molecule has 2 aromatic rings. The summed E-state index contributed by atoms with van der Waals surface area (Å²) in [6, 6.07) is 16.6. The molecule has 0 saturated carbocycles. The van der Waals surface area contributed by atoms with Gasteiger partial charge in [-0.25, -0.2) is 0 Å². The van der Waals surface area contributed by atoms with Crippen LogP contribution in [0, 0.1) is 19.8 Å². The first-order valence-electron chi connectivity index (χ1n) is 10.7. The lowest BCUT2D eigenvalue weighted by molar-refractivity contribution is -0.135. The van der Waals surface area contributed by atoms with Crippen molar-refractivity contribution in [3.8, 4) is 0 Å². The molecule has 29 heavy (non-hydrogen) atoms. The van der Waals surface area contributed by atoms with Crippen LogP contribution in [0.2, 0.25) is 0 Å². The molecule has 2 heterocycles. The molecule has 0 aromatic heterocycles. The second-order valence-electron chi connectivity index (χ2n) is 8.56. The predicted octanol–water partition coefficient (Wildman–Crippen LogP) is 4.45. The molecular formula is C25H30N2O2. The number of likely N-dealkylation sites (tertiary alicyclic amines) is 1. The molecule has 2 aromatic carbocycles. The molecule has 2 atom stereocenters. The van der Waals surface area contributed by atoms with Gasteiger partial charge in [-0.2, -0.15) is 0 Å². The molecule has 4 rings (SSSR count). The van der Waals surface area contributed by atoms with Crippen molar-refractivity contribution < 1.29 is 9.59 Å². The first-order chi connectivity index (χ1) is 14.0. The summed E-state index contributed by atoms with van der Waals surface area (Å²) in [5.41, 5.74) is 4.60. The van der Waals surface area contributed by atoms with Gasteiger partial charge in [0.1, 0.15) is 0 Å². The first-order valence-corrected chi connectivity index (χ1v) is 10.7. The lowest BCUT2D eigenvalue weighted by atomic mass is 9.94. The quantitative estimate of drug-likeness (QED) is 0.777. The third-order valence-corrected chi connectivity index (χ3v) is 6.53. The van der Waals surface area contributed by atoms with Gasteiger partial charge >= 0.3 is 0 Å². The van der Waals surface area contributed by atoms with Crippen LogP contribution in [-0.2, 0) is 9.59 Å². The summed E-state index contributed by atoms with van der Waals surface area (Å²) in [6.45, 7) is 6.18. The van der Waals surface area contributed by atoms with E-state index in [-0.39, 0.29) is 17.7 Å². The monoisotopic (exact) mass is 390 g/mol. The van der Waals surface area contributed by atoms with Crippen molar-refractivity contribution in [3.05, 3.63) is 65.2 Å². The van der Waals surface area contributed by atoms with Gasteiger partial charge in [-0.15, -0.1) is 0 Å². The first kappa shape index (κ1) is 19.7. The number of nitrogens with zero attached hydrogens (tertiary/aromatic N) is 2. The van der Waals surface area contributed by atoms with Gasteiger partial charge < -0.3 is 9.80 Å². The highest BCUT2D eigenvalue weighted by atomic mass is 16.2. The Balaban J connectivity index is 1.47. The smallest absolute Gasteiger partial charge is 0.228 e. The Kier molecular flexibility index (Phi) is 5.70. The Labute approximate surface area is 173 Å². The molecular weight excluding hydrogens is 360 g/mol. The zero-order valence-electron chi connectivity index (χ0n) is 17.4. The minimum absolute atomic E-state index is 0.0565. The highest BCUT2D eigenvalue weighted by molar-refractivity contribution is 6.00. The van der Waals surface area contributed by atoms with Crippen LogP contribution in [0.5, 0.6) is 0 Å². The highest BCUT2D eigenvalue weighted by Crippen LogP contribution is 2.31. The standard InChI is InChI=1S/C25H30N2O2/c1-18-11-12-23(14-19(18)2)27-17-22(15-24(27)28)25(29)26-13-7-6-10-21(16-26)20-8-4-3-5-9-20/h3-5,8-9,11-12,14,21-22H,6-7,10,13,15-17H2,1-2H3. The van der Waals surface area contributed by atoms with E-state index in [0.717, 1.165) is 38.0 Å². The van der Waals surface area contributed by atoms with Gasteiger partial charge in [0.05, 0.1) is 5.92 Å². The molecule has 2 unspecified atom stereocenters. The Morgan fingerprint density at radius 1 is 0.966 bits per heavy atom. The maximum absolute atomic E-state index is 13.3. The van der Waals surface area contributed by atoms with Crippen molar-refractivity contribution in [2.45, 2.75) is 45.4 Å². The van der Waals surface area contributed by atoms with E-state index in [0.29, 0.717) is 18.9 Å². The number of hydrogen-bond donors (Lipinski definition) is 0. The molecule has 0 bridgehead atoms. The van der Waals surface area contributed by atoms with Crippen molar-refractivity contribution in [1.82, 2.24) is 4.90 Å². The molecule has 4 heteroatoms. The normalized spacial score (nSPS) is 22.6. The van der Waals surface area contributed by atoms with Gasteiger partial charge in [0.15, 0.2) is 0 Å². The number of aryl methyl sites for hydroxylation is 2. The molecule has 2 aliphatic rings. The van der Waals surface area contributed by atoms with Crippen LogP contribution < -0.4 is 4.90 Å². The van der Waals surface area contributed by atoms with E-state index >= 15 is 0 Å². The molecule has 0 radical (unpaired) electrons. The van der Waals surface area contributed by atoms with E-state index in [9.17, 15) is 9.59 Å². The third-order valence-electron chi connectivity index (χ3n) is 6.53. The van der Waals surface area contributed by atoms with Gasteiger partial charge in [-0.05, 0) is 55.5 Å². The van der Waals surface area contributed by atoms with Crippen molar-refractivity contribution >= 4 is 17.5 Å². The lowest BCUT2D eigenvalue weighted by Gasteiger charge is -2.27. The van der Waals surface area contributed by atoms with Gasteiger partial charge in [-0.3, -0.25) is 9.59 Å². The topological polar surface area (TPSA) is 40.6 Å². The summed E-state index contributed by atoms with van der Waals surface area (Å²) in [6.07, 6.45) is 3.61. The maximum Gasteiger partial charge on any atom is 0.228 e. The van der Waals surface area contributed by atoms with Crippen LogP contribution in [0.1, 0.15) is 48.3 Å². The van der Waals surface area contributed by atoms with Crippen LogP contribution in [0.25, 0.3) is 0 Å². The largest absolute Gasteiger partial charge is 0.342 e. The zero-order valence-corrected chi connectivity index (χ0v) is 17.4. The summed E-state index contributed by atoms with van der Waals surface area (Å²) < 4.78 is 0. The molecule has 2 saturated heterocycles. The summed E-state index contributed by atoms with van der Waals surface area (Å²) in [4.78, 5) is 29.8. The van der Waals surface area contributed by atoms with Crippen LogP contribution in [0.3, 0.4) is 0 Å². The van der Waals surface area contributed by atoms with Crippen LogP contribution in [0.4, 0.5) is 5.69 Å². The zero-order chi connectivity index (χ0) is 20.4. The van der Waals surface area contributed by atoms with Crippen LogP contribution >= 0.6 is 0 Å². The number of hydrogen-bond acceptors (Lipinski definition) is 2. The molecule has 2 amide bonds. The maximum atomic E-state index is 13.3. The lowest BCUT2D eigenvalue weighted by Crippen LogP contribution is -2.39. The van der Waals surface area contributed by atoms with E-state index in [1.807, 2.05) is 23.1 Å². The van der Waals surface area contributed by atoms with Crippen molar-refractivity contribution in [1.29, 1.82) is 0 Å². The second-order valence-corrected chi connectivity index (χ2v) is 8.56. The average molecular weight is 391 g/mol. The minimum Gasteiger partial charge on any atom is -0.342 e. The highest BCUT2D eigenvalue weighted by Gasteiger charge is 2.38.